The number of ether oxygens (including phenoxy) is 1. The van der Waals surface area contributed by atoms with Crippen molar-refractivity contribution in [2.45, 2.75) is 26.4 Å². The first kappa shape index (κ1) is 12.0. The normalized spacial score (nSPS) is 12.5. The van der Waals surface area contributed by atoms with Crippen LogP contribution in [0.2, 0.25) is 0 Å². The van der Waals surface area contributed by atoms with Gasteiger partial charge >= 0.3 is 0 Å². The Bertz CT molecular complexity index is 312. The Morgan fingerprint density at radius 3 is 2.80 bits per heavy atom. The zero-order chi connectivity index (χ0) is 11.3. The van der Waals surface area contributed by atoms with Gasteiger partial charge in [-0.2, -0.15) is 0 Å². The van der Waals surface area contributed by atoms with E-state index in [9.17, 15) is 0 Å². The van der Waals surface area contributed by atoms with Crippen LogP contribution in [-0.2, 0) is 6.54 Å². The van der Waals surface area contributed by atoms with Crippen molar-refractivity contribution in [1.29, 1.82) is 0 Å². The molecule has 3 nitrogen and oxygen atoms in total. The highest BCUT2D eigenvalue weighted by molar-refractivity contribution is 5.36. The van der Waals surface area contributed by atoms with E-state index in [0.29, 0.717) is 12.6 Å². The molecule has 0 spiro atoms. The average Bonchev–Trinajstić information content (AvgIpc) is 2.27. The molecule has 0 fully saturated rings. The van der Waals surface area contributed by atoms with E-state index in [4.69, 9.17) is 10.5 Å². The second-order valence-electron chi connectivity index (χ2n) is 3.82. The fourth-order valence-electron chi connectivity index (χ4n) is 1.35. The molecule has 1 rings (SSSR count). The van der Waals surface area contributed by atoms with Crippen molar-refractivity contribution in [1.82, 2.24) is 5.32 Å². The molecule has 1 atom stereocenters. The molecule has 0 aliphatic rings. The number of methoxy groups -OCH3 is 1. The maximum absolute atomic E-state index is 5.53. The third-order valence-corrected chi connectivity index (χ3v) is 2.48. The molecule has 1 aromatic rings. The molecular weight excluding hydrogens is 188 g/mol. The highest BCUT2D eigenvalue weighted by Crippen LogP contribution is 2.18. The van der Waals surface area contributed by atoms with Gasteiger partial charge in [-0.1, -0.05) is 12.1 Å². The summed E-state index contributed by atoms with van der Waals surface area (Å²) in [6.45, 7) is 5.60. The van der Waals surface area contributed by atoms with Crippen LogP contribution in [0.3, 0.4) is 0 Å². The van der Waals surface area contributed by atoms with E-state index >= 15 is 0 Å². The first-order chi connectivity index (χ1) is 7.17. The standard InChI is InChI=1S/C12H20N2O/c1-9-4-5-11(6-12(9)15-3)8-14-10(2)7-13/h4-6,10,14H,7-8,13H2,1-3H3. The fourth-order valence-corrected chi connectivity index (χ4v) is 1.35. The molecule has 15 heavy (non-hydrogen) atoms. The minimum Gasteiger partial charge on any atom is -0.496 e. The second kappa shape index (κ2) is 5.73. The maximum atomic E-state index is 5.53. The van der Waals surface area contributed by atoms with Crippen LogP contribution in [0.4, 0.5) is 0 Å². The molecule has 84 valence electrons. The summed E-state index contributed by atoms with van der Waals surface area (Å²) in [7, 11) is 1.70. The van der Waals surface area contributed by atoms with Crippen LogP contribution in [0.1, 0.15) is 18.1 Å². The van der Waals surface area contributed by atoms with Gasteiger partial charge < -0.3 is 15.8 Å². The SMILES string of the molecule is COc1cc(CNC(C)CN)ccc1C. The first-order valence-corrected chi connectivity index (χ1v) is 5.24. The topological polar surface area (TPSA) is 47.3 Å². The molecule has 0 aliphatic carbocycles. The summed E-state index contributed by atoms with van der Waals surface area (Å²) in [6.07, 6.45) is 0. The van der Waals surface area contributed by atoms with Gasteiger partial charge in [0.05, 0.1) is 7.11 Å². The minimum atomic E-state index is 0.345. The number of hydrogen-bond acceptors (Lipinski definition) is 3. The van der Waals surface area contributed by atoms with E-state index in [2.05, 4.69) is 30.4 Å². The molecule has 0 heterocycles. The second-order valence-corrected chi connectivity index (χ2v) is 3.82. The summed E-state index contributed by atoms with van der Waals surface area (Å²) in [4.78, 5) is 0. The monoisotopic (exact) mass is 208 g/mol. The lowest BCUT2D eigenvalue weighted by atomic mass is 10.1. The third-order valence-electron chi connectivity index (χ3n) is 2.48. The van der Waals surface area contributed by atoms with Crippen LogP contribution in [0.5, 0.6) is 5.75 Å². The molecular formula is C12H20N2O. The average molecular weight is 208 g/mol. The summed E-state index contributed by atoms with van der Waals surface area (Å²) >= 11 is 0. The molecule has 3 N–H and O–H groups in total. The largest absolute Gasteiger partial charge is 0.496 e. The molecule has 0 amide bonds. The Hall–Kier alpha value is -1.06. The lowest BCUT2D eigenvalue weighted by Gasteiger charge is -2.12. The third kappa shape index (κ3) is 3.53. The van der Waals surface area contributed by atoms with Gasteiger partial charge in [0, 0.05) is 19.1 Å². The van der Waals surface area contributed by atoms with Crippen molar-refractivity contribution in [2.75, 3.05) is 13.7 Å². The molecule has 0 aliphatic heterocycles. The van der Waals surface area contributed by atoms with Gasteiger partial charge in [0.25, 0.3) is 0 Å². The Balaban J connectivity index is 2.62. The van der Waals surface area contributed by atoms with Crippen molar-refractivity contribution < 1.29 is 4.74 Å². The van der Waals surface area contributed by atoms with E-state index in [1.54, 1.807) is 7.11 Å². The smallest absolute Gasteiger partial charge is 0.122 e. The number of rotatable bonds is 5. The highest BCUT2D eigenvalue weighted by atomic mass is 16.5. The molecule has 0 aromatic heterocycles. The van der Waals surface area contributed by atoms with Gasteiger partial charge in [-0.25, -0.2) is 0 Å². The van der Waals surface area contributed by atoms with Gasteiger partial charge in [0.15, 0.2) is 0 Å². The Kier molecular flexibility index (Phi) is 4.59. The number of benzene rings is 1. The van der Waals surface area contributed by atoms with Crippen LogP contribution < -0.4 is 15.8 Å². The van der Waals surface area contributed by atoms with Gasteiger partial charge in [-0.3, -0.25) is 0 Å². The van der Waals surface area contributed by atoms with E-state index in [1.807, 2.05) is 6.92 Å². The fraction of sp³-hybridized carbons (Fsp3) is 0.500. The summed E-state index contributed by atoms with van der Waals surface area (Å²) in [5.74, 6) is 0.940. The Morgan fingerprint density at radius 1 is 1.47 bits per heavy atom. The molecule has 0 bridgehead atoms. The van der Waals surface area contributed by atoms with E-state index < -0.39 is 0 Å². The molecule has 0 saturated heterocycles. The van der Waals surface area contributed by atoms with Crippen LogP contribution in [0, 0.1) is 6.92 Å². The highest BCUT2D eigenvalue weighted by Gasteiger charge is 2.02. The summed E-state index contributed by atoms with van der Waals surface area (Å²) in [6, 6.07) is 6.58. The molecule has 1 aromatic carbocycles. The summed E-state index contributed by atoms with van der Waals surface area (Å²) in [5, 5.41) is 3.34. The predicted molar refractivity (Wildman–Crippen MR) is 63.1 cm³/mol. The van der Waals surface area contributed by atoms with Gasteiger partial charge in [0.1, 0.15) is 5.75 Å². The van der Waals surface area contributed by atoms with Crippen LogP contribution in [-0.4, -0.2) is 19.7 Å². The van der Waals surface area contributed by atoms with Gasteiger partial charge in [-0.15, -0.1) is 0 Å². The van der Waals surface area contributed by atoms with Crippen LogP contribution >= 0.6 is 0 Å². The Labute approximate surface area is 91.6 Å². The number of aryl methyl sites for hydroxylation is 1. The van der Waals surface area contributed by atoms with E-state index in [-0.39, 0.29) is 0 Å². The quantitative estimate of drug-likeness (QED) is 0.769. The van der Waals surface area contributed by atoms with Crippen LogP contribution in [0.15, 0.2) is 18.2 Å². The molecule has 3 heteroatoms. The lowest BCUT2D eigenvalue weighted by molar-refractivity contribution is 0.410. The van der Waals surface area contributed by atoms with Crippen molar-refractivity contribution >= 4 is 0 Å². The van der Waals surface area contributed by atoms with Crippen molar-refractivity contribution in [2.24, 2.45) is 5.73 Å². The summed E-state index contributed by atoms with van der Waals surface area (Å²) < 4.78 is 5.27. The molecule has 1 unspecified atom stereocenters. The minimum absolute atomic E-state index is 0.345. The van der Waals surface area contributed by atoms with Gasteiger partial charge in [0.2, 0.25) is 0 Å². The molecule has 0 saturated carbocycles. The lowest BCUT2D eigenvalue weighted by Crippen LogP contribution is -2.32. The Morgan fingerprint density at radius 2 is 2.20 bits per heavy atom. The van der Waals surface area contributed by atoms with Gasteiger partial charge in [-0.05, 0) is 31.0 Å². The van der Waals surface area contributed by atoms with Crippen molar-refractivity contribution in [3.8, 4) is 5.75 Å². The number of nitrogens with two attached hydrogens (primary N) is 1. The predicted octanol–water partition coefficient (Wildman–Crippen LogP) is 1.44. The van der Waals surface area contributed by atoms with Crippen molar-refractivity contribution in [3.63, 3.8) is 0 Å². The summed E-state index contributed by atoms with van der Waals surface area (Å²) in [5.41, 5.74) is 7.91. The zero-order valence-electron chi connectivity index (χ0n) is 9.71. The maximum Gasteiger partial charge on any atom is 0.122 e. The van der Waals surface area contributed by atoms with E-state index in [0.717, 1.165) is 17.9 Å². The van der Waals surface area contributed by atoms with Crippen molar-refractivity contribution in [3.05, 3.63) is 29.3 Å². The zero-order valence-corrected chi connectivity index (χ0v) is 9.71. The number of nitrogens with one attached hydrogen (secondary N) is 1. The van der Waals surface area contributed by atoms with E-state index in [1.165, 1.54) is 5.56 Å². The molecule has 0 radical (unpaired) electrons. The van der Waals surface area contributed by atoms with Crippen LogP contribution in [0.25, 0.3) is 0 Å². The number of hydrogen-bond donors (Lipinski definition) is 2. The first-order valence-electron chi connectivity index (χ1n) is 5.24.